The third-order valence-corrected chi connectivity index (χ3v) is 2.71. The zero-order valence-electron chi connectivity index (χ0n) is 8.28. The zero-order valence-corrected chi connectivity index (χ0v) is 8.28. The molecule has 76 valence electrons. The van der Waals surface area contributed by atoms with Crippen LogP contribution in [0.5, 0.6) is 0 Å². The molecule has 0 unspecified atom stereocenters. The zero-order chi connectivity index (χ0) is 9.80. The molecule has 1 aliphatic rings. The van der Waals surface area contributed by atoms with Gasteiger partial charge in [-0.25, -0.2) is 0 Å². The minimum atomic E-state index is 0.133. The van der Waals surface area contributed by atoms with Crippen LogP contribution in [-0.2, 0) is 11.3 Å². The molecule has 1 aliphatic carbocycles. The maximum atomic E-state index is 11.5. The third kappa shape index (κ3) is 2.37. The smallest absolute Gasteiger partial charge is 0.240 e. The van der Waals surface area contributed by atoms with Gasteiger partial charge in [-0.15, -0.1) is 0 Å². The first-order chi connectivity index (χ1) is 6.84. The van der Waals surface area contributed by atoms with Gasteiger partial charge in [0, 0.05) is 18.4 Å². The summed E-state index contributed by atoms with van der Waals surface area (Å²) in [5, 5.41) is 3.06. The molecule has 0 saturated heterocycles. The maximum absolute atomic E-state index is 11.5. The first-order valence-corrected chi connectivity index (χ1v) is 5.25. The average molecular weight is 192 g/mol. The number of amides is 1. The molecular weight excluding hydrogens is 176 g/mol. The van der Waals surface area contributed by atoms with E-state index in [2.05, 4.69) is 5.32 Å². The molecule has 0 atom stereocenters. The van der Waals surface area contributed by atoms with E-state index in [0.717, 1.165) is 12.8 Å². The minimum Gasteiger partial charge on any atom is -0.352 e. The molecule has 2 rings (SSSR count). The van der Waals surface area contributed by atoms with E-state index < -0.39 is 0 Å². The number of hydrogen-bond acceptors (Lipinski definition) is 1. The number of nitrogens with one attached hydrogen (secondary N) is 1. The number of aromatic nitrogens is 1. The van der Waals surface area contributed by atoms with Crippen LogP contribution in [-0.4, -0.2) is 16.5 Å². The Bertz CT molecular complexity index is 286. The van der Waals surface area contributed by atoms with E-state index in [0.29, 0.717) is 12.6 Å². The van der Waals surface area contributed by atoms with Gasteiger partial charge in [0.05, 0.1) is 0 Å². The van der Waals surface area contributed by atoms with Crippen molar-refractivity contribution in [3.63, 3.8) is 0 Å². The van der Waals surface area contributed by atoms with E-state index in [4.69, 9.17) is 0 Å². The molecule has 0 aliphatic heterocycles. The van der Waals surface area contributed by atoms with Gasteiger partial charge in [0.1, 0.15) is 6.54 Å². The van der Waals surface area contributed by atoms with Crippen LogP contribution in [0.15, 0.2) is 24.5 Å². The van der Waals surface area contributed by atoms with Crippen LogP contribution in [0, 0.1) is 0 Å². The minimum absolute atomic E-state index is 0.133. The van der Waals surface area contributed by atoms with Gasteiger partial charge >= 0.3 is 0 Å². The lowest BCUT2D eigenvalue weighted by molar-refractivity contribution is -0.122. The first-order valence-electron chi connectivity index (χ1n) is 5.25. The number of hydrogen-bond donors (Lipinski definition) is 1. The summed E-state index contributed by atoms with van der Waals surface area (Å²) in [6, 6.07) is 4.30. The standard InChI is InChI=1S/C11H16N2O/c14-11(9-13-7-3-4-8-13)12-10-5-1-2-6-10/h3-4,7-8,10H,1-2,5-6,9H2,(H,12,14). The van der Waals surface area contributed by atoms with Crippen molar-refractivity contribution < 1.29 is 4.79 Å². The first kappa shape index (κ1) is 9.31. The molecule has 0 bridgehead atoms. The fraction of sp³-hybridized carbons (Fsp3) is 0.545. The van der Waals surface area contributed by atoms with Crippen LogP contribution in [0.4, 0.5) is 0 Å². The Hall–Kier alpha value is -1.25. The molecule has 1 aromatic heterocycles. The van der Waals surface area contributed by atoms with E-state index in [1.165, 1.54) is 12.8 Å². The summed E-state index contributed by atoms with van der Waals surface area (Å²) in [6.45, 7) is 0.448. The Kier molecular flexibility index (Phi) is 2.87. The Balaban J connectivity index is 1.78. The molecule has 1 aromatic rings. The van der Waals surface area contributed by atoms with Crippen molar-refractivity contribution in [2.75, 3.05) is 0 Å². The number of nitrogens with zero attached hydrogens (tertiary/aromatic N) is 1. The van der Waals surface area contributed by atoms with E-state index >= 15 is 0 Å². The quantitative estimate of drug-likeness (QED) is 0.774. The average Bonchev–Trinajstić information content (AvgIpc) is 2.76. The van der Waals surface area contributed by atoms with Crippen LogP contribution in [0.25, 0.3) is 0 Å². The second-order valence-electron chi connectivity index (χ2n) is 3.90. The normalized spacial score (nSPS) is 17.1. The van der Waals surface area contributed by atoms with Crippen LogP contribution in [0.3, 0.4) is 0 Å². The molecular formula is C11H16N2O. The van der Waals surface area contributed by atoms with Crippen molar-refractivity contribution in [3.8, 4) is 0 Å². The molecule has 0 radical (unpaired) electrons. The molecule has 1 fully saturated rings. The second-order valence-corrected chi connectivity index (χ2v) is 3.90. The molecule has 0 aromatic carbocycles. The van der Waals surface area contributed by atoms with E-state index in [9.17, 15) is 4.79 Å². The Labute approximate surface area is 84.1 Å². The highest BCUT2D eigenvalue weighted by atomic mass is 16.2. The summed E-state index contributed by atoms with van der Waals surface area (Å²) in [5.41, 5.74) is 0. The van der Waals surface area contributed by atoms with E-state index in [1.54, 1.807) is 0 Å². The predicted octanol–water partition coefficient (Wildman–Crippen LogP) is 1.55. The highest BCUT2D eigenvalue weighted by Gasteiger charge is 2.16. The van der Waals surface area contributed by atoms with Crippen molar-refractivity contribution in [3.05, 3.63) is 24.5 Å². The summed E-state index contributed by atoms with van der Waals surface area (Å²) in [5.74, 6) is 0.133. The van der Waals surface area contributed by atoms with Crippen molar-refractivity contribution in [2.45, 2.75) is 38.3 Å². The van der Waals surface area contributed by atoms with Gasteiger partial charge in [-0.2, -0.15) is 0 Å². The molecule has 1 N–H and O–H groups in total. The fourth-order valence-electron chi connectivity index (χ4n) is 1.98. The summed E-state index contributed by atoms with van der Waals surface area (Å²) >= 11 is 0. The monoisotopic (exact) mass is 192 g/mol. The van der Waals surface area contributed by atoms with Gasteiger partial charge in [0.2, 0.25) is 5.91 Å². The summed E-state index contributed by atoms with van der Waals surface area (Å²) in [4.78, 5) is 11.5. The molecule has 3 nitrogen and oxygen atoms in total. The number of rotatable bonds is 3. The summed E-state index contributed by atoms with van der Waals surface area (Å²) in [6.07, 6.45) is 8.64. The lowest BCUT2D eigenvalue weighted by Crippen LogP contribution is -2.34. The van der Waals surface area contributed by atoms with Crippen molar-refractivity contribution in [2.24, 2.45) is 0 Å². The molecule has 14 heavy (non-hydrogen) atoms. The Morgan fingerprint density at radius 3 is 2.57 bits per heavy atom. The lowest BCUT2D eigenvalue weighted by Gasteiger charge is -2.11. The lowest BCUT2D eigenvalue weighted by atomic mass is 10.2. The Morgan fingerprint density at radius 2 is 1.93 bits per heavy atom. The van der Waals surface area contributed by atoms with Gasteiger partial charge in [-0.05, 0) is 25.0 Å². The van der Waals surface area contributed by atoms with Crippen molar-refractivity contribution in [1.29, 1.82) is 0 Å². The summed E-state index contributed by atoms with van der Waals surface area (Å²) in [7, 11) is 0. The topological polar surface area (TPSA) is 34.0 Å². The number of carbonyl (C=O) groups excluding carboxylic acids is 1. The molecule has 1 amide bonds. The van der Waals surface area contributed by atoms with Gasteiger partial charge in [0.25, 0.3) is 0 Å². The fourth-order valence-corrected chi connectivity index (χ4v) is 1.98. The molecule has 0 spiro atoms. The number of carbonyl (C=O) groups is 1. The van der Waals surface area contributed by atoms with Crippen molar-refractivity contribution >= 4 is 5.91 Å². The molecule has 1 saturated carbocycles. The van der Waals surface area contributed by atoms with Crippen LogP contribution in [0.2, 0.25) is 0 Å². The second kappa shape index (κ2) is 4.31. The SMILES string of the molecule is O=C(Cn1cccc1)NC1CCCC1. The maximum Gasteiger partial charge on any atom is 0.240 e. The van der Waals surface area contributed by atoms with Gasteiger partial charge in [0.15, 0.2) is 0 Å². The van der Waals surface area contributed by atoms with E-state index in [-0.39, 0.29) is 5.91 Å². The van der Waals surface area contributed by atoms with Crippen LogP contribution >= 0.6 is 0 Å². The summed E-state index contributed by atoms with van der Waals surface area (Å²) < 4.78 is 1.89. The third-order valence-electron chi connectivity index (χ3n) is 2.71. The van der Waals surface area contributed by atoms with Crippen molar-refractivity contribution in [1.82, 2.24) is 9.88 Å². The Morgan fingerprint density at radius 1 is 1.29 bits per heavy atom. The van der Waals surface area contributed by atoms with Gasteiger partial charge in [-0.3, -0.25) is 4.79 Å². The van der Waals surface area contributed by atoms with Crippen LogP contribution < -0.4 is 5.32 Å². The van der Waals surface area contributed by atoms with E-state index in [1.807, 2.05) is 29.1 Å². The predicted molar refractivity (Wildman–Crippen MR) is 54.8 cm³/mol. The van der Waals surface area contributed by atoms with Gasteiger partial charge < -0.3 is 9.88 Å². The largest absolute Gasteiger partial charge is 0.352 e. The molecule has 3 heteroatoms. The highest BCUT2D eigenvalue weighted by molar-refractivity contribution is 5.76. The molecule has 1 heterocycles. The highest BCUT2D eigenvalue weighted by Crippen LogP contribution is 2.17. The van der Waals surface area contributed by atoms with Gasteiger partial charge in [-0.1, -0.05) is 12.8 Å². The van der Waals surface area contributed by atoms with Crippen LogP contribution in [0.1, 0.15) is 25.7 Å².